The van der Waals surface area contributed by atoms with Gasteiger partial charge in [0.2, 0.25) is 0 Å². The van der Waals surface area contributed by atoms with E-state index in [0.29, 0.717) is 12.3 Å². The molecular weight excluding hydrogens is 318 g/mol. The summed E-state index contributed by atoms with van der Waals surface area (Å²) in [7, 11) is 0. The van der Waals surface area contributed by atoms with Gasteiger partial charge in [0, 0.05) is 30.3 Å². The van der Waals surface area contributed by atoms with E-state index in [1.165, 1.54) is 0 Å². The lowest BCUT2D eigenvalue weighted by Crippen LogP contribution is -2.42. The Kier molecular flexibility index (Phi) is 5.85. The van der Waals surface area contributed by atoms with Crippen LogP contribution in [0.5, 0.6) is 5.75 Å². The van der Waals surface area contributed by atoms with Crippen LogP contribution in [0.3, 0.4) is 0 Å². The molecule has 2 heterocycles. The highest BCUT2D eigenvalue weighted by Crippen LogP contribution is 2.18. The Balaban J connectivity index is 1.46. The molecule has 0 aliphatic carbocycles. The molecule has 2 amide bonds. The average Bonchev–Trinajstić information content (AvgIpc) is 3.17. The van der Waals surface area contributed by atoms with Gasteiger partial charge in [-0.15, -0.1) is 0 Å². The molecule has 0 bridgehead atoms. The van der Waals surface area contributed by atoms with Crippen LogP contribution in [0, 0.1) is 0 Å². The van der Waals surface area contributed by atoms with E-state index in [1.807, 2.05) is 43.3 Å². The van der Waals surface area contributed by atoms with Crippen molar-refractivity contribution >= 4 is 11.7 Å². The fourth-order valence-corrected chi connectivity index (χ4v) is 2.75. The first-order valence-corrected chi connectivity index (χ1v) is 8.51. The molecule has 6 nitrogen and oxygen atoms in total. The van der Waals surface area contributed by atoms with Crippen LogP contribution in [0.25, 0.3) is 0 Å². The summed E-state index contributed by atoms with van der Waals surface area (Å²) >= 11 is 0. The lowest BCUT2D eigenvalue weighted by atomic mass is 10.1. The molecule has 25 heavy (non-hydrogen) atoms. The van der Waals surface area contributed by atoms with Gasteiger partial charge in [-0.25, -0.2) is 4.79 Å². The van der Waals surface area contributed by atoms with Crippen molar-refractivity contribution < 1.29 is 14.3 Å². The number of pyridine rings is 1. The molecule has 1 aliphatic rings. The minimum atomic E-state index is -0.230. The highest BCUT2D eigenvalue weighted by atomic mass is 16.5. The fourth-order valence-electron chi connectivity index (χ4n) is 2.75. The Morgan fingerprint density at radius 3 is 2.88 bits per heavy atom. The van der Waals surface area contributed by atoms with Crippen LogP contribution < -0.4 is 15.4 Å². The third-order valence-electron chi connectivity index (χ3n) is 4.12. The number of urea groups is 1. The number of nitrogens with zero attached hydrogens (tertiary/aromatic N) is 1. The number of amides is 2. The van der Waals surface area contributed by atoms with Gasteiger partial charge < -0.3 is 20.1 Å². The maximum Gasteiger partial charge on any atom is 0.319 e. The Morgan fingerprint density at radius 2 is 2.20 bits per heavy atom. The highest BCUT2D eigenvalue weighted by Gasteiger charge is 2.23. The molecule has 6 heteroatoms. The van der Waals surface area contributed by atoms with Crippen LogP contribution in [0.15, 0.2) is 48.8 Å². The third-order valence-corrected chi connectivity index (χ3v) is 4.12. The molecule has 132 valence electrons. The topological polar surface area (TPSA) is 72.5 Å². The number of hydrogen-bond acceptors (Lipinski definition) is 4. The summed E-state index contributed by atoms with van der Waals surface area (Å²) in [5, 5.41) is 5.74. The van der Waals surface area contributed by atoms with Crippen molar-refractivity contribution in [1.82, 2.24) is 10.3 Å². The monoisotopic (exact) mass is 341 g/mol. The van der Waals surface area contributed by atoms with Gasteiger partial charge in [-0.05, 0) is 50.1 Å². The van der Waals surface area contributed by atoms with E-state index in [4.69, 9.17) is 9.47 Å². The number of hydrogen-bond donors (Lipinski definition) is 2. The lowest BCUT2D eigenvalue weighted by molar-refractivity contribution is 0.0868. The molecule has 2 N–H and O–H groups in total. The molecule has 1 aromatic carbocycles. The van der Waals surface area contributed by atoms with E-state index in [2.05, 4.69) is 15.6 Å². The van der Waals surface area contributed by atoms with Crippen molar-refractivity contribution in [2.75, 3.05) is 11.9 Å². The normalized spacial score (nSPS) is 17.7. The number of benzene rings is 1. The minimum absolute atomic E-state index is 0.00964. The van der Waals surface area contributed by atoms with E-state index in [-0.39, 0.29) is 18.2 Å². The van der Waals surface area contributed by atoms with E-state index >= 15 is 0 Å². The molecule has 3 rings (SSSR count). The van der Waals surface area contributed by atoms with E-state index in [1.54, 1.807) is 12.4 Å². The Hall–Kier alpha value is -2.60. The number of ether oxygens (including phenoxy) is 2. The van der Waals surface area contributed by atoms with Gasteiger partial charge in [-0.1, -0.05) is 6.07 Å². The van der Waals surface area contributed by atoms with Gasteiger partial charge in [0.25, 0.3) is 0 Å². The lowest BCUT2D eigenvalue weighted by Gasteiger charge is -2.20. The molecule has 0 saturated carbocycles. The highest BCUT2D eigenvalue weighted by molar-refractivity contribution is 5.89. The summed E-state index contributed by atoms with van der Waals surface area (Å²) in [5.74, 6) is 0.738. The standard InChI is InChI=1S/C19H23N3O3/c1-14(18-5-3-11-24-18)21-19(23)22-16-6-8-17(9-7-16)25-13-15-4-2-10-20-12-15/h2,4,6-10,12,14,18H,3,5,11,13H2,1H3,(H2,21,22,23)/t14-,18+/m1/s1. The number of rotatable bonds is 6. The van der Waals surface area contributed by atoms with Crippen molar-refractivity contribution in [2.24, 2.45) is 0 Å². The maximum absolute atomic E-state index is 12.1. The summed E-state index contributed by atoms with van der Waals surface area (Å²) in [5.41, 5.74) is 1.72. The molecule has 2 atom stereocenters. The molecule has 1 aromatic heterocycles. The van der Waals surface area contributed by atoms with E-state index in [9.17, 15) is 4.79 Å². The molecule has 1 aliphatic heterocycles. The molecular formula is C19H23N3O3. The summed E-state index contributed by atoms with van der Waals surface area (Å²) < 4.78 is 11.3. The van der Waals surface area contributed by atoms with Gasteiger partial charge in [-0.3, -0.25) is 4.98 Å². The van der Waals surface area contributed by atoms with Crippen molar-refractivity contribution in [3.05, 3.63) is 54.4 Å². The molecule has 1 saturated heterocycles. The third kappa shape index (κ3) is 5.19. The Labute approximate surface area is 147 Å². The van der Waals surface area contributed by atoms with Crippen LogP contribution in [-0.4, -0.2) is 29.8 Å². The molecule has 2 aromatic rings. The molecule has 1 fully saturated rings. The van der Waals surface area contributed by atoms with Gasteiger partial charge >= 0.3 is 6.03 Å². The van der Waals surface area contributed by atoms with Crippen molar-refractivity contribution in [2.45, 2.75) is 38.5 Å². The molecule has 0 radical (unpaired) electrons. The summed E-state index contributed by atoms with van der Waals surface area (Å²) in [6, 6.07) is 10.9. The number of nitrogens with one attached hydrogen (secondary N) is 2. The van der Waals surface area contributed by atoms with Crippen LogP contribution in [0.1, 0.15) is 25.3 Å². The van der Waals surface area contributed by atoms with Crippen LogP contribution in [-0.2, 0) is 11.3 Å². The van der Waals surface area contributed by atoms with Crippen LogP contribution in [0.4, 0.5) is 10.5 Å². The maximum atomic E-state index is 12.1. The predicted molar refractivity (Wildman–Crippen MR) is 95.6 cm³/mol. The van der Waals surface area contributed by atoms with E-state index < -0.39 is 0 Å². The number of aromatic nitrogens is 1. The van der Waals surface area contributed by atoms with Crippen LogP contribution in [0.2, 0.25) is 0 Å². The van der Waals surface area contributed by atoms with Gasteiger partial charge in [0.05, 0.1) is 12.1 Å². The quantitative estimate of drug-likeness (QED) is 0.845. The first-order valence-electron chi connectivity index (χ1n) is 8.51. The predicted octanol–water partition coefficient (Wildman–Crippen LogP) is 3.35. The average molecular weight is 341 g/mol. The summed E-state index contributed by atoms with van der Waals surface area (Å²) in [4.78, 5) is 16.1. The van der Waals surface area contributed by atoms with Crippen molar-refractivity contribution in [3.8, 4) is 5.75 Å². The zero-order valence-electron chi connectivity index (χ0n) is 14.3. The summed E-state index contributed by atoms with van der Waals surface area (Å²) in [6.07, 6.45) is 5.65. The zero-order valence-corrected chi connectivity index (χ0v) is 14.3. The van der Waals surface area contributed by atoms with Crippen molar-refractivity contribution in [1.29, 1.82) is 0 Å². The van der Waals surface area contributed by atoms with Gasteiger partial charge in [-0.2, -0.15) is 0 Å². The Bertz CT molecular complexity index is 670. The SMILES string of the molecule is C[C@@H](NC(=O)Nc1ccc(OCc2cccnc2)cc1)[C@@H]1CCCO1. The van der Waals surface area contributed by atoms with Gasteiger partial charge in [0.1, 0.15) is 12.4 Å². The van der Waals surface area contributed by atoms with Crippen LogP contribution >= 0.6 is 0 Å². The fraction of sp³-hybridized carbons (Fsp3) is 0.368. The number of anilines is 1. The smallest absolute Gasteiger partial charge is 0.319 e. The first kappa shape index (κ1) is 17.2. The largest absolute Gasteiger partial charge is 0.489 e. The number of carbonyl (C=O) groups is 1. The van der Waals surface area contributed by atoms with Crippen molar-refractivity contribution in [3.63, 3.8) is 0 Å². The zero-order chi connectivity index (χ0) is 17.5. The first-order chi connectivity index (χ1) is 12.2. The summed E-state index contributed by atoms with van der Waals surface area (Å²) in [6.45, 7) is 3.20. The Morgan fingerprint density at radius 1 is 1.36 bits per heavy atom. The second-order valence-electron chi connectivity index (χ2n) is 6.11. The second-order valence-corrected chi connectivity index (χ2v) is 6.11. The van der Waals surface area contributed by atoms with E-state index in [0.717, 1.165) is 30.8 Å². The van der Waals surface area contributed by atoms with Gasteiger partial charge in [0.15, 0.2) is 0 Å². The second kappa shape index (κ2) is 8.48. The molecule has 0 spiro atoms. The minimum Gasteiger partial charge on any atom is -0.489 e. The molecule has 0 unspecified atom stereocenters. The number of carbonyl (C=O) groups excluding carboxylic acids is 1.